The average Bonchev–Trinajstić information content (AvgIpc) is 2.89. The second-order valence-corrected chi connectivity index (χ2v) is 6.50. The first-order chi connectivity index (χ1) is 9.63. The number of piperidine rings is 1. The maximum absolute atomic E-state index is 11.9. The lowest BCUT2D eigenvalue weighted by molar-refractivity contribution is 0.167. The predicted octanol–water partition coefficient (Wildman–Crippen LogP) is 1.56. The normalized spacial score (nSPS) is 24.3. The van der Waals surface area contributed by atoms with E-state index in [2.05, 4.69) is 34.2 Å². The standard InChI is InChI=1S/C14H20N4OS/c1-9-7-10(3-5-18(9)2)15-8-12-16-11-4-6-20-13(11)14(19)17-12/h4,6,9-10,15H,3,5,7-8H2,1-2H3,(H,16,17,19). The van der Waals surface area contributed by atoms with E-state index in [1.165, 1.54) is 11.3 Å². The van der Waals surface area contributed by atoms with Crippen molar-refractivity contribution in [3.05, 3.63) is 27.6 Å². The first-order valence-corrected chi connectivity index (χ1v) is 7.91. The second kappa shape index (κ2) is 5.63. The van der Waals surface area contributed by atoms with Gasteiger partial charge in [0.1, 0.15) is 10.5 Å². The van der Waals surface area contributed by atoms with Gasteiger partial charge in [-0.15, -0.1) is 11.3 Å². The minimum Gasteiger partial charge on any atom is -0.308 e. The predicted molar refractivity (Wildman–Crippen MR) is 82.2 cm³/mol. The monoisotopic (exact) mass is 292 g/mol. The van der Waals surface area contributed by atoms with Crippen molar-refractivity contribution in [3.8, 4) is 0 Å². The van der Waals surface area contributed by atoms with Crippen LogP contribution in [0.3, 0.4) is 0 Å². The molecule has 0 saturated carbocycles. The third-order valence-electron chi connectivity index (χ3n) is 4.13. The molecule has 5 nitrogen and oxygen atoms in total. The Hall–Kier alpha value is -1.24. The van der Waals surface area contributed by atoms with E-state index >= 15 is 0 Å². The molecule has 0 aromatic carbocycles. The number of thiophene rings is 1. The Bertz CT molecular complexity index is 650. The largest absolute Gasteiger partial charge is 0.308 e. The van der Waals surface area contributed by atoms with Crippen LogP contribution in [-0.4, -0.2) is 40.5 Å². The van der Waals surface area contributed by atoms with Crippen molar-refractivity contribution in [1.82, 2.24) is 20.2 Å². The third kappa shape index (κ3) is 2.77. The number of H-pyrrole nitrogens is 1. The highest BCUT2D eigenvalue weighted by molar-refractivity contribution is 7.17. The van der Waals surface area contributed by atoms with Crippen molar-refractivity contribution in [1.29, 1.82) is 0 Å². The van der Waals surface area contributed by atoms with Crippen molar-refractivity contribution in [2.45, 2.75) is 38.4 Å². The van der Waals surface area contributed by atoms with Crippen LogP contribution in [0, 0.1) is 0 Å². The Morgan fingerprint density at radius 3 is 3.25 bits per heavy atom. The lowest BCUT2D eigenvalue weighted by Crippen LogP contribution is -2.45. The van der Waals surface area contributed by atoms with Crippen molar-refractivity contribution in [2.75, 3.05) is 13.6 Å². The summed E-state index contributed by atoms with van der Waals surface area (Å²) in [4.78, 5) is 21.6. The molecule has 0 amide bonds. The summed E-state index contributed by atoms with van der Waals surface area (Å²) in [6.45, 7) is 4.00. The zero-order chi connectivity index (χ0) is 14.1. The summed E-state index contributed by atoms with van der Waals surface area (Å²) < 4.78 is 0.710. The summed E-state index contributed by atoms with van der Waals surface area (Å²) in [5.41, 5.74) is 0.769. The Kier molecular flexibility index (Phi) is 3.87. The molecule has 2 aromatic heterocycles. The number of aromatic nitrogens is 2. The van der Waals surface area contributed by atoms with Gasteiger partial charge in [0.05, 0.1) is 12.1 Å². The fourth-order valence-corrected chi connectivity index (χ4v) is 3.45. The smallest absolute Gasteiger partial charge is 0.268 e. The Balaban J connectivity index is 1.66. The summed E-state index contributed by atoms with van der Waals surface area (Å²) in [6, 6.07) is 3.01. The van der Waals surface area contributed by atoms with Crippen LogP contribution >= 0.6 is 11.3 Å². The molecular weight excluding hydrogens is 272 g/mol. The summed E-state index contributed by atoms with van der Waals surface area (Å²) in [5, 5.41) is 5.42. The first kappa shape index (κ1) is 13.7. The molecule has 1 aliphatic heterocycles. The van der Waals surface area contributed by atoms with E-state index in [0.717, 1.165) is 30.7 Å². The number of rotatable bonds is 3. The molecule has 2 atom stereocenters. The highest BCUT2D eigenvalue weighted by atomic mass is 32.1. The molecule has 2 unspecified atom stereocenters. The highest BCUT2D eigenvalue weighted by Crippen LogP contribution is 2.16. The molecule has 108 valence electrons. The van der Waals surface area contributed by atoms with Crippen molar-refractivity contribution in [2.24, 2.45) is 0 Å². The summed E-state index contributed by atoms with van der Waals surface area (Å²) in [7, 11) is 2.17. The van der Waals surface area contributed by atoms with Crippen LogP contribution in [-0.2, 0) is 6.54 Å². The van der Waals surface area contributed by atoms with Gasteiger partial charge in [0.2, 0.25) is 0 Å². The molecule has 0 aliphatic carbocycles. The maximum atomic E-state index is 11.9. The van der Waals surface area contributed by atoms with E-state index in [9.17, 15) is 4.79 Å². The van der Waals surface area contributed by atoms with E-state index in [1.54, 1.807) is 0 Å². The van der Waals surface area contributed by atoms with Gasteiger partial charge in [-0.1, -0.05) is 0 Å². The summed E-state index contributed by atoms with van der Waals surface area (Å²) in [5.74, 6) is 0.729. The van der Waals surface area contributed by atoms with Gasteiger partial charge in [0.25, 0.3) is 5.56 Å². The van der Waals surface area contributed by atoms with Crippen molar-refractivity contribution >= 4 is 21.6 Å². The molecule has 3 heterocycles. The third-order valence-corrected chi connectivity index (χ3v) is 5.03. The number of nitrogens with one attached hydrogen (secondary N) is 2. The molecule has 2 N–H and O–H groups in total. The highest BCUT2D eigenvalue weighted by Gasteiger charge is 2.22. The molecule has 6 heteroatoms. The van der Waals surface area contributed by atoms with Gasteiger partial charge in [0, 0.05) is 12.1 Å². The number of nitrogens with zero attached hydrogens (tertiary/aromatic N) is 2. The Morgan fingerprint density at radius 2 is 2.45 bits per heavy atom. The maximum Gasteiger partial charge on any atom is 0.268 e. The molecular formula is C14H20N4OS. The molecule has 1 fully saturated rings. The Labute approximate surface area is 122 Å². The number of hydrogen-bond donors (Lipinski definition) is 2. The number of likely N-dealkylation sites (tertiary alicyclic amines) is 1. The zero-order valence-corrected chi connectivity index (χ0v) is 12.7. The van der Waals surface area contributed by atoms with Crippen LogP contribution in [0.2, 0.25) is 0 Å². The molecule has 2 aromatic rings. The minimum absolute atomic E-state index is 0.0291. The molecule has 1 saturated heterocycles. The van der Waals surface area contributed by atoms with Gasteiger partial charge in [-0.2, -0.15) is 0 Å². The molecule has 20 heavy (non-hydrogen) atoms. The fourth-order valence-electron chi connectivity index (χ4n) is 2.72. The molecule has 0 bridgehead atoms. The topological polar surface area (TPSA) is 61.0 Å². The van der Waals surface area contributed by atoms with Gasteiger partial charge in [-0.25, -0.2) is 4.98 Å². The molecule has 3 rings (SSSR count). The lowest BCUT2D eigenvalue weighted by Gasteiger charge is -2.35. The second-order valence-electron chi connectivity index (χ2n) is 5.58. The van der Waals surface area contributed by atoms with Gasteiger partial charge < -0.3 is 15.2 Å². The molecule has 0 radical (unpaired) electrons. The van der Waals surface area contributed by atoms with Crippen LogP contribution in [0.15, 0.2) is 16.2 Å². The van der Waals surface area contributed by atoms with Crippen LogP contribution in [0.5, 0.6) is 0 Å². The fraction of sp³-hybridized carbons (Fsp3) is 0.571. The number of fused-ring (bicyclic) bond motifs is 1. The van der Waals surface area contributed by atoms with Gasteiger partial charge in [-0.3, -0.25) is 4.79 Å². The van der Waals surface area contributed by atoms with E-state index in [0.29, 0.717) is 23.3 Å². The van der Waals surface area contributed by atoms with Gasteiger partial charge >= 0.3 is 0 Å². The van der Waals surface area contributed by atoms with Crippen molar-refractivity contribution in [3.63, 3.8) is 0 Å². The SMILES string of the molecule is CC1CC(NCc2nc3ccsc3c(=O)[nH]2)CCN1C. The zero-order valence-electron chi connectivity index (χ0n) is 11.8. The quantitative estimate of drug-likeness (QED) is 0.901. The molecule has 0 spiro atoms. The summed E-state index contributed by atoms with van der Waals surface area (Å²) >= 11 is 1.44. The average molecular weight is 292 g/mol. The minimum atomic E-state index is -0.0291. The number of hydrogen-bond acceptors (Lipinski definition) is 5. The van der Waals surface area contributed by atoms with Gasteiger partial charge in [-0.05, 0) is 44.8 Å². The number of aromatic amines is 1. The Morgan fingerprint density at radius 1 is 1.60 bits per heavy atom. The first-order valence-electron chi connectivity index (χ1n) is 7.03. The van der Waals surface area contributed by atoms with Crippen molar-refractivity contribution < 1.29 is 0 Å². The van der Waals surface area contributed by atoms with E-state index < -0.39 is 0 Å². The van der Waals surface area contributed by atoms with E-state index in [4.69, 9.17) is 0 Å². The lowest BCUT2D eigenvalue weighted by atomic mass is 9.99. The molecule has 1 aliphatic rings. The van der Waals surface area contributed by atoms with Crippen LogP contribution in [0.4, 0.5) is 0 Å². The summed E-state index contributed by atoms with van der Waals surface area (Å²) in [6.07, 6.45) is 2.28. The van der Waals surface area contributed by atoms with Crippen LogP contribution in [0.1, 0.15) is 25.6 Å². The van der Waals surface area contributed by atoms with Crippen LogP contribution < -0.4 is 10.9 Å². The van der Waals surface area contributed by atoms with Crippen LogP contribution in [0.25, 0.3) is 10.2 Å². The van der Waals surface area contributed by atoms with E-state index in [1.807, 2.05) is 11.4 Å². The van der Waals surface area contributed by atoms with E-state index in [-0.39, 0.29) is 5.56 Å². The van der Waals surface area contributed by atoms with Gasteiger partial charge in [0.15, 0.2) is 0 Å².